The van der Waals surface area contributed by atoms with Crippen molar-refractivity contribution >= 4 is 6.03 Å². The van der Waals surface area contributed by atoms with E-state index in [0.29, 0.717) is 29.0 Å². The van der Waals surface area contributed by atoms with Crippen molar-refractivity contribution in [1.82, 2.24) is 20.4 Å². The number of nitrogens with one attached hydrogen (secondary N) is 1. The van der Waals surface area contributed by atoms with E-state index in [4.69, 9.17) is 18.7 Å². The molecule has 0 aliphatic carbocycles. The Bertz CT molecular complexity index is 736. The van der Waals surface area contributed by atoms with Crippen LogP contribution in [-0.2, 0) is 6.54 Å². The van der Waals surface area contributed by atoms with Gasteiger partial charge in [-0.3, -0.25) is 0 Å². The van der Waals surface area contributed by atoms with Gasteiger partial charge in [-0.15, -0.1) is 0 Å². The van der Waals surface area contributed by atoms with Crippen LogP contribution in [0, 0.1) is 6.92 Å². The van der Waals surface area contributed by atoms with Crippen molar-refractivity contribution in [2.75, 3.05) is 28.4 Å². The first-order chi connectivity index (χ1) is 12.4. The average molecular weight is 364 g/mol. The minimum Gasteiger partial charge on any atom is -0.493 e. The minimum absolute atomic E-state index is 0.241. The van der Waals surface area contributed by atoms with Gasteiger partial charge in [-0.05, 0) is 24.6 Å². The number of hydrogen-bond donors (Lipinski definition) is 1. The molecule has 0 saturated heterocycles. The fourth-order valence-electron chi connectivity index (χ4n) is 2.42. The van der Waals surface area contributed by atoms with E-state index in [1.54, 1.807) is 47.4 Å². The Balaban J connectivity index is 2.10. The maximum Gasteiger partial charge on any atom is 0.318 e. The highest BCUT2D eigenvalue weighted by molar-refractivity contribution is 5.74. The van der Waals surface area contributed by atoms with Crippen LogP contribution in [0.5, 0.6) is 17.2 Å². The highest BCUT2D eigenvalue weighted by Gasteiger charge is 2.19. The normalized spacial score (nSPS) is 11.6. The van der Waals surface area contributed by atoms with Crippen molar-refractivity contribution in [3.63, 3.8) is 0 Å². The van der Waals surface area contributed by atoms with E-state index in [1.165, 1.54) is 4.90 Å². The van der Waals surface area contributed by atoms with Crippen molar-refractivity contribution in [3.05, 3.63) is 29.4 Å². The number of hydrogen-bond acceptors (Lipinski definition) is 7. The molecule has 1 heterocycles. The molecular weight excluding hydrogens is 340 g/mol. The second-order valence-electron chi connectivity index (χ2n) is 5.72. The molecule has 0 radical (unpaired) electrons. The van der Waals surface area contributed by atoms with Gasteiger partial charge in [0.1, 0.15) is 0 Å². The lowest BCUT2D eigenvalue weighted by Crippen LogP contribution is -2.38. The Morgan fingerprint density at radius 3 is 2.31 bits per heavy atom. The third-order valence-corrected chi connectivity index (χ3v) is 3.82. The number of aromatic nitrogens is 2. The molecule has 0 fully saturated rings. The Hall–Kier alpha value is -2.97. The van der Waals surface area contributed by atoms with Crippen molar-refractivity contribution in [1.29, 1.82) is 0 Å². The number of amides is 2. The van der Waals surface area contributed by atoms with E-state index >= 15 is 0 Å². The largest absolute Gasteiger partial charge is 0.493 e. The molecule has 0 saturated carbocycles. The van der Waals surface area contributed by atoms with E-state index in [2.05, 4.69) is 15.5 Å². The zero-order valence-corrected chi connectivity index (χ0v) is 15.8. The van der Waals surface area contributed by atoms with Gasteiger partial charge in [0.25, 0.3) is 0 Å². The zero-order valence-electron chi connectivity index (χ0n) is 15.8. The van der Waals surface area contributed by atoms with Gasteiger partial charge in [-0.25, -0.2) is 4.79 Å². The maximum absolute atomic E-state index is 12.4. The fourth-order valence-corrected chi connectivity index (χ4v) is 2.42. The van der Waals surface area contributed by atoms with Crippen LogP contribution in [0.4, 0.5) is 4.79 Å². The van der Waals surface area contributed by atoms with E-state index in [0.717, 1.165) is 5.56 Å². The van der Waals surface area contributed by atoms with E-state index < -0.39 is 0 Å². The third kappa shape index (κ3) is 4.35. The van der Waals surface area contributed by atoms with Crippen molar-refractivity contribution in [2.24, 2.45) is 0 Å². The summed E-state index contributed by atoms with van der Waals surface area (Å²) in [7, 11) is 6.29. The molecule has 1 N–H and O–H groups in total. The number of carbonyl (C=O) groups excluding carboxylic acids is 1. The van der Waals surface area contributed by atoms with Crippen LogP contribution in [0.1, 0.15) is 30.2 Å². The van der Waals surface area contributed by atoms with Crippen LogP contribution in [0.15, 0.2) is 16.7 Å². The summed E-state index contributed by atoms with van der Waals surface area (Å²) in [6, 6.07) is 3.04. The Labute approximate surface area is 152 Å². The van der Waals surface area contributed by atoms with E-state index in [-0.39, 0.29) is 18.6 Å². The molecule has 0 aliphatic rings. The fraction of sp³-hybridized carbons (Fsp3) is 0.471. The molecule has 2 rings (SSSR count). The quantitative estimate of drug-likeness (QED) is 0.805. The minimum atomic E-state index is -0.286. The summed E-state index contributed by atoms with van der Waals surface area (Å²) in [5.41, 5.74) is 0.816. The van der Waals surface area contributed by atoms with Crippen molar-refractivity contribution < 1.29 is 23.5 Å². The zero-order chi connectivity index (χ0) is 19.3. The molecule has 0 bridgehead atoms. The first kappa shape index (κ1) is 19.4. The lowest BCUT2D eigenvalue weighted by molar-refractivity contribution is 0.201. The summed E-state index contributed by atoms with van der Waals surface area (Å²) in [5.74, 6) is 2.46. The molecule has 2 amide bonds. The smallest absolute Gasteiger partial charge is 0.318 e. The standard InChI is InChI=1S/C17H24N4O5/c1-10(12-7-13(23-4)16(25-6)14(8-12)24-5)18-17(22)21(3)9-15-19-11(2)26-20-15/h7-8,10H,9H2,1-6H3,(H,18,22)/t10-/m0/s1. The number of carbonyl (C=O) groups is 1. The number of methoxy groups -OCH3 is 3. The first-order valence-corrected chi connectivity index (χ1v) is 8.00. The van der Waals surface area contributed by atoms with Crippen LogP contribution < -0.4 is 19.5 Å². The van der Waals surface area contributed by atoms with Crippen LogP contribution in [0.3, 0.4) is 0 Å². The summed E-state index contributed by atoms with van der Waals surface area (Å²) in [6.45, 7) is 3.80. The molecule has 0 aliphatic heterocycles. The number of urea groups is 1. The summed E-state index contributed by atoms with van der Waals surface area (Å²) in [5, 5.41) is 6.70. The maximum atomic E-state index is 12.4. The molecule has 9 heteroatoms. The summed E-state index contributed by atoms with van der Waals surface area (Å²) in [6.07, 6.45) is 0. The summed E-state index contributed by atoms with van der Waals surface area (Å²) < 4.78 is 20.9. The topological polar surface area (TPSA) is 99.0 Å². The van der Waals surface area contributed by atoms with Crippen LogP contribution in [0.25, 0.3) is 0 Å². The number of benzene rings is 1. The van der Waals surface area contributed by atoms with Gasteiger partial charge in [0, 0.05) is 14.0 Å². The molecule has 1 atom stereocenters. The second kappa shape index (κ2) is 8.41. The van der Waals surface area contributed by atoms with Gasteiger partial charge in [-0.1, -0.05) is 5.16 Å². The molecule has 142 valence electrons. The van der Waals surface area contributed by atoms with E-state index in [1.807, 2.05) is 6.92 Å². The summed E-state index contributed by atoms with van der Waals surface area (Å²) in [4.78, 5) is 18.0. The van der Waals surface area contributed by atoms with Gasteiger partial charge in [0.05, 0.1) is 33.9 Å². The average Bonchev–Trinajstić information content (AvgIpc) is 3.04. The van der Waals surface area contributed by atoms with Crippen LogP contribution in [-0.4, -0.2) is 49.4 Å². The van der Waals surface area contributed by atoms with Crippen LogP contribution >= 0.6 is 0 Å². The predicted molar refractivity (Wildman–Crippen MR) is 93.5 cm³/mol. The molecule has 1 aromatic carbocycles. The SMILES string of the molecule is COc1cc([C@H](C)NC(=O)N(C)Cc2noc(C)n2)cc(OC)c1OC. The number of nitrogens with zero attached hydrogens (tertiary/aromatic N) is 3. The number of rotatable bonds is 7. The Kier molecular flexibility index (Phi) is 6.26. The Morgan fingerprint density at radius 1 is 1.23 bits per heavy atom. The number of aryl methyl sites for hydroxylation is 1. The molecular formula is C17H24N4O5. The Morgan fingerprint density at radius 2 is 1.85 bits per heavy atom. The lowest BCUT2D eigenvalue weighted by Gasteiger charge is -2.22. The molecule has 9 nitrogen and oxygen atoms in total. The van der Waals surface area contributed by atoms with Gasteiger partial charge < -0.3 is 29.0 Å². The third-order valence-electron chi connectivity index (χ3n) is 3.82. The van der Waals surface area contributed by atoms with Crippen LogP contribution in [0.2, 0.25) is 0 Å². The highest BCUT2D eigenvalue weighted by atomic mass is 16.5. The predicted octanol–water partition coefficient (Wildman–Crippen LogP) is 2.31. The molecule has 0 unspecified atom stereocenters. The molecule has 26 heavy (non-hydrogen) atoms. The lowest BCUT2D eigenvalue weighted by atomic mass is 10.1. The van der Waals surface area contributed by atoms with Gasteiger partial charge >= 0.3 is 6.03 Å². The van der Waals surface area contributed by atoms with Crippen molar-refractivity contribution in [2.45, 2.75) is 26.4 Å². The number of ether oxygens (including phenoxy) is 3. The van der Waals surface area contributed by atoms with E-state index in [9.17, 15) is 4.79 Å². The molecule has 1 aromatic heterocycles. The molecule has 2 aromatic rings. The molecule has 0 spiro atoms. The monoisotopic (exact) mass is 364 g/mol. The summed E-state index contributed by atoms with van der Waals surface area (Å²) >= 11 is 0. The van der Waals surface area contributed by atoms with Gasteiger partial charge in [0.2, 0.25) is 11.6 Å². The van der Waals surface area contributed by atoms with Crippen molar-refractivity contribution in [3.8, 4) is 17.2 Å². The van der Waals surface area contributed by atoms with Gasteiger partial charge in [0.15, 0.2) is 17.3 Å². The second-order valence-corrected chi connectivity index (χ2v) is 5.72. The van der Waals surface area contributed by atoms with Gasteiger partial charge in [-0.2, -0.15) is 4.98 Å². The first-order valence-electron chi connectivity index (χ1n) is 8.00. The highest BCUT2D eigenvalue weighted by Crippen LogP contribution is 2.39.